The fourth-order valence-electron chi connectivity index (χ4n) is 4.37. The van der Waals surface area contributed by atoms with Crippen LogP contribution in [-0.2, 0) is 19.8 Å². The number of carboxylic acids is 1. The highest BCUT2D eigenvalue weighted by Crippen LogP contribution is 2.40. The first-order valence-electron chi connectivity index (χ1n) is 9.16. The van der Waals surface area contributed by atoms with Crippen molar-refractivity contribution in [2.45, 2.75) is 37.1 Å². The molecule has 0 bridgehead atoms. The second-order valence-corrected chi connectivity index (χ2v) is 7.31. The van der Waals surface area contributed by atoms with Crippen molar-refractivity contribution in [3.8, 4) is 0 Å². The Hall–Kier alpha value is -3.07. The number of carbonyl (C=O) groups is 5. The number of carbonyl (C=O) groups excluding carboxylic acids is 4. The quantitative estimate of drug-likeness (QED) is 0.613. The first kappa shape index (κ1) is 18.3. The van der Waals surface area contributed by atoms with E-state index in [0.717, 1.165) is 4.90 Å². The van der Waals surface area contributed by atoms with Gasteiger partial charge in [0.25, 0.3) is 11.8 Å². The molecule has 3 N–H and O–H groups in total. The van der Waals surface area contributed by atoms with Gasteiger partial charge in [0.15, 0.2) is 0 Å². The zero-order valence-corrected chi connectivity index (χ0v) is 15.0. The third-order valence-corrected chi connectivity index (χ3v) is 5.85. The number of rotatable bonds is 3. The highest BCUT2D eigenvalue weighted by atomic mass is 16.4. The molecule has 1 atom stereocenters. The van der Waals surface area contributed by atoms with Gasteiger partial charge < -0.3 is 10.4 Å². The summed E-state index contributed by atoms with van der Waals surface area (Å²) < 4.78 is 0. The zero-order valence-electron chi connectivity index (χ0n) is 15.0. The molecule has 1 unspecified atom stereocenters. The minimum atomic E-state index is -1.27. The number of nitrogens with one attached hydrogen (secondary N) is 2. The SMILES string of the molecule is O=C1CCC(N2C(=O)c3cccc(C4(C(=O)O)CCNCC4)c3C2=O)C(=O)N1. The summed E-state index contributed by atoms with van der Waals surface area (Å²) in [7, 11) is 0. The third kappa shape index (κ3) is 2.54. The molecular weight excluding hydrogens is 366 g/mol. The summed E-state index contributed by atoms with van der Waals surface area (Å²) in [6.45, 7) is 0.962. The van der Waals surface area contributed by atoms with Gasteiger partial charge in [-0.1, -0.05) is 12.1 Å². The van der Waals surface area contributed by atoms with Gasteiger partial charge in [0, 0.05) is 6.42 Å². The Kier molecular flexibility index (Phi) is 4.26. The number of piperidine rings is 2. The standard InChI is InChI=1S/C19H19N3O6/c23-13-5-4-12(15(24)21-13)22-16(25)10-2-1-3-11(14(10)17(22)26)19(18(27)28)6-8-20-9-7-19/h1-3,12,20H,4-9H2,(H,27,28)(H,21,23,24). The van der Waals surface area contributed by atoms with Crippen molar-refractivity contribution in [3.05, 3.63) is 34.9 Å². The summed E-state index contributed by atoms with van der Waals surface area (Å²) >= 11 is 0. The molecule has 0 aromatic heterocycles. The van der Waals surface area contributed by atoms with Gasteiger partial charge in [-0.2, -0.15) is 0 Å². The van der Waals surface area contributed by atoms with Crippen LogP contribution >= 0.6 is 0 Å². The van der Waals surface area contributed by atoms with Crippen LogP contribution in [0.15, 0.2) is 18.2 Å². The van der Waals surface area contributed by atoms with E-state index in [9.17, 15) is 29.1 Å². The minimum absolute atomic E-state index is 0.0292. The van der Waals surface area contributed by atoms with Crippen molar-refractivity contribution in [3.63, 3.8) is 0 Å². The molecule has 0 radical (unpaired) electrons. The first-order chi connectivity index (χ1) is 13.4. The molecule has 9 heteroatoms. The van der Waals surface area contributed by atoms with E-state index >= 15 is 0 Å². The molecule has 3 heterocycles. The van der Waals surface area contributed by atoms with Gasteiger partial charge >= 0.3 is 5.97 Å². The summed E-state index contributed by atoms with van der Waals surface area (Å²) in [5.74, 6) is -3.49. The third-order valence-electron chi connectivity index (χ3n) is 5.85. The molecule has 3 aliphatic heterocycles. The molecule has 4 rings (SSSR count). The Morgan fingerprint density at radius 2 is 1.82 bits per heavy atom. The lowest BCUT2D eigenvalue weighted by Crippen LogP contribution is -2.54. The monoisotopic (exact) mass is 385 g/mol. The van der Waals surface area contributed by atoms with E-state index in [1.807, 2.05) is 0 Å². The number of amides is 4. The van der Waals surface area contributed by atoms with Gasteiger partial charge in [0.1, 0.15) is 6.04 Å². The lowest BCUT2D eigenvalue weighted by molar-refractivity contribution is -0.145. The summed E-state index contributed by atoms with van der Waals surface area (Å²) in [5.41, 5.74) is -0.798. The number of hydrogen-bond acceptors (Lipinski definition) is 6. The molecule has 28 heavy (non-hydrogen) atoms. The Morgan fingerprint density at radius 1 is 1.11 bits per heavy atom. The predicted octanol–water partition coefficient (Wildman–Crippen LogP) is -0.206. The van der Waals surface area contributed by atoms with Gasteiger partial charge in [0.05, 0.1) is 16.5 Å². The Morgan fingerprint density at radius 3 is 2.46 bits per heavy atom. The highest BCUT2D eigenvalue weighted by molar-refractivity contribution is 6.24. The van der Waals surface area contributed by atoms with E-state index in [1.54, 1.807) is 12.1 Å². The van der Waals surface area contributed by atoms with Crippen molar-refractivity contribution in [1.82, 2.24) is 15.5 Å². The van der Waals surface area contributed by atoms with Crippen LogP contribution in [0.25, 0.3) is 0 Å². The molecule has 0 saturated carbocycles. The van der Waals surface area contributed by atoms with E-state index in [1.165, 1.54) is 6.07 Å². The van der Waals surface area contributed by atoms with Crippen LogP contribution in [0, 0.1) is 0 Å². The van der Waals surface area contributed by atoms with Crippen molar-refractivity contribution in [1.29, 1.82) is 0 Å². The molecule has 2 fully saturated rings. The molecule has 0 spiro atoms. The van der Waals surface area contributed by atoms with Gasteiger partial charge in [-0.25, -0.2) is 0 Å². The van der Waals surface area contributed by atoms with Crippen molar-refractivity contribution >= 4 is 29.6 Å². The Bertz CT molecular complexity index is 918. The van der Waals surface area contributed by atoms with Gasteiger partial charge in [-0.15, -0.1) is 0 Å². The zero-order chi connectivity index (χ0) is 20.1. The molecule has 146 valence electrons. The molecule has 2 saturated heterocycles. The topological polar surface area (TPSA) is 133 Å². The van der Waals surface area contributed by atoms with Gasteiger partial charge in [-0.05, 0) is 44.0 Å². The van der Waals surface area contributed by atoms with Crippen LogP contribution in [0.5, 0.6) is 0 Å². The van der Waals surface area contributed by atoms with Crippen LogP contribution < -0.4 is 10.6 Å². The van der Waals surface area contributed by atoms with E-state index in [2.05, 4.69) is 10.6 Å². The summed E-state index contributed by atoms with van der Waals surface area (Å²) in [5, 5.41) is 15.2. The lowest BCUT2D eigenvalue weighted by atomic mass is 9.71. The lowest BCUT2D eigenvalue weighted by Gasteiger charge is -2.35. The van der Waals surface area contributed by atoms with Crippen LogP contribution in [0.4, 0.5) is 0 Å². The predicted molar refractivity (Wildman–Crippen MR) is 94.5 cm³/mol. The fourth-order valence-corrected chi connectivity index (χ4v) is 4.37. The fraction of sp³-hybridized carbons (Fsp3) is 0.421. The number of imide groups is 2. The molecule has 9 nitrogen and oxygen atoms in total. The van der Waals surface area contributed by atoms with E-state index in [4.69, 9.17) is 0 Å². The van der Waals surface area contributed by atoms with Crippen molar-refractivity contribution in [2.24, 2.45) is 0 Å². The molecule has 1 aromatic carbocycles. The largest absolute Gasteiger partial charge is 0.481 e. The first-order valence-corrected chi connectivity index (χ1v) is 9.16. The molecular formula is C19H19N3O6. The second-order valence-electron chi connectivity index (χ2n) is 7.31. The Labute approximate surface area is 160 Å². The smallest absolute Gasteiger partial charge is 0.314 e. The Balaban J connectivity index is 1.79. The number of benzene rings is 1. The molecule has 4 amide bonds. The normalized spacial score (nSPS) is 24.1. The van der Waals surface area contributed by atoms with Crippen LogP contribution in [0.1, 0.15) is 52.0 Å². The second kappa shape index (κ2) is 6.52. The summed E-state index contributed by atoms with van der Waals surface area (Å²) in [6.07, 6.45) is 0.665. The summed E-state index contributed by atoms with van der Waals surface area (Å²) in [6, 6.07) is 3.55. The number of nitrogens with zero attached hydrogens (tertiary/aromatic N) is 1. The van der Waals surface area contributed by atoms with E-state index < -0.39 is 41.1 Å². The van der Waals surface area contributed by atoms with Crippen LogP contribution in [0.3, 0.4) is 0 Å². The maximum Gasteiger partial charge on any atom is 0.314 e. The highest BCUT2D eigenvalue weighted by Gasteiger charge is 2.50. The number of fused-ring (bicyclic) bond motifs is 1. The number of aliphatic carboxylic acids is 1. The molecule has 0 aliphatic carbocycles. The number of carboxylic acid groups (broad SMARTS) is 1. The average molecular weight is 385 g/mol. The van der Waals surface area contributed by atoms with Crippen molar-refractivity contribution in [2.75, 3.05) is 13.1 Å². The minimum Gasteiger partial charge on any atom is -0.481 e. The molecule has 3 aliphatic rings. The van der Waals surface area contributed by atoms with Crippen molar-refractivity contribution < 1.29 is 29.1 Å². The molecule has 1 aromatic rings. The van der Waals surface area contributed by atoms with Gasteiger partial charge in [0.2, 0.25) is 11.8 Å². The maximum atomic E-state index is 13.2. The van der Waals surface area contributed by atoms with Crippen LogP contribution in [0.2, 0.25) is 0 Å². The van der Waals surface area contributed by atoms with Crippen LogP contribution in [-0.4, -0.2) is 58.7 Å². The van der Waals surface area contributed by atoms with E-state index in [0.29, 0.717) is 31.5 Å². The summed E-state index contributed by atoms with van der Waals surface area (Å²) in [4.78, 5) is 62.8. The van der Waals surface area contributed by atoms with E-state index in [-0.39, 0.29) is 24.0 Å². The maximum absolute atomic E-state index is 13.2. The number of hydrogen-bond donors (Lipinski definition) is 3. The van der Waals surface area contributed by atoms with Gasteiger partial charge in [-0.3, -0.25) is 34.2 Å². The average Bonchev–Trinajstić information content (AvgIpc) is 2.93.